The number of methoxy groups -OCH3 is 1. The van der Waals surface area contributed by atoms with Crippen LogP contribution in [0, 0.1) is 5.92 Å². The molecule has 1 aliphatic rings. The summed E-state index contributed by atoms with van der Waals surface area (Å²) >= 11 is 0. The van der Waals surface area contributed by atoms with Crippen LogP contribution in [0.3, 0.4) is 0 Å². The molecular formula is C23H30N2O4. The number of likely N-dealkylation sites (tertiary alicyclic amines) is 1. The number of aromatic hydroxyl groups is 1. The number of ether oxygens (including phenoxy) is 2. The largest absolute Gasteiger partial charge is 0.508 e. The second kappa shape index (κ2) is 10.6. The number of rotatable bonds is 8. The van der Waals surface area contributed by atoms with Crippen molar-refractivity contribution < 1.29 is 19.4 Å². The summed E-state index contributed by atoms with van der Waals surface area (Å²) in [4.78, 5) is 14.3. The highest BCUT2D eigenvalue weighted by atomic mass is 16.5. The van der Waals surface area contributed by atoms with Gasteiger partial charge in [0.05, 0.1) is 13.7 Å². The first-order valence-electron chi connectivity index (χ1n) is 10.2. The lowest BCUT2D eigenvalue weighted by molar-refractivity contribution is 0.166. The van der Waals surface area contributed by atoms with Gasteiger partial charge >= 0.3 is 6.03 Å². The molecule has 0 aliphatic carbocycles. The maximum atomic E-state index is 12.4. The zero-order chi connectivity index (χ0) is 20.5. The van der Waals surface area contributed by atoms with E-state index in [4.69, 9.17) is 9.47 Å². The molecule has 3 rings (SSSR count). The van der Waals surface area contributed by atoms with Crippen LogP contribution in [0.15, 0.2) is 48.5 Å². The van der Waals surface area contributed by atoms with Gasteiger partial charge in [-0.2, -0.15) is 0 Å². The summed E-state index contributed by atoms with van der Waals surface area (Å²) in [5.41, 5.74) is 1.25. The number of urea groups is 1. The van der Waals surface area contributed by atoms with E-state index < -0.39 is 0 Å². The zero-order valence-corrected chi connectivity index (χ0v) is 17.0. The summed E-state index contributed by atoms with van der Waals surface area (Å²) in [6.45, 7) is 2.44. The zero-order valence-electron chi connectivity index (χ0n) is 17.0. The number of hydrogen-bond acceptors (Lipinski definition) is 4. The maximum absolute atomic E-state index is 12.4. The quantitative estimate of drug-likeness (QED) is 0.663. The van der Waals surface area contributed by atoms with Crippen molar-refractivity contribution in [2.24, 2.45) is 5.92 Å². The number of nitrogens with zero attached hydrogens (tertiary/aromatic N) is 1. The third-order valence-corrected chi connectivity index (χ3v) is 5.38. The second-order valence-electron chi connectivity index (χ2n) is 7.37. The van der Waals surface area contributed by atoms with Gasteiger partial charge in [-0.3, -0.25) is 0 Å². The van der Waals surface area contributed by atoms with E-state index in [9.17, 15) is 9.90 Å². The predicted molar refractivity (Wildman–Crippen MR) is 113 cm³/mol. The van der Waals surface area contributed by atoms with Crippen molar-refractivity contribution in [2.75, 3.05) is 33.4 Å². The number of piperidine rings is 1. The van der Waals surface area contributed by atoms with Crippen molar-refractivity contribution in [2.45, 2.75) is 25.7 Å². The normalized spacial score (nSPS) is 14.4. The van der Waals surface area contributed by atoms with Gasteiger partial charge in [-0.15, -0.1) is 0 Å². The predicted octanol–water partition coefficient (Wildman–Crippen LogP) is 3.83. The first kappa shape index (κ1) is 20.8. The third-order valence-electron chi connectivity index (χ3n) is 5.38. The van der Waals surface area contributed by atoms with Gasteiger partial charge in [0.15, 0.2) is 11.5 Å². The van der Waals surface area contributed by atoms with Crippen LogP contribution in [0.1, 0.15) is 24.8 Å². The van der Waals surface area contributed by atoms with Gasteiger partial charge in [-0.25, -0.2) is 4.79 Å². The molecule has 29 heavy (non-hydrogen) atoms. The van der Waals surface area contributed by atoms with Gasteiger partial charge in [-0.05, 0) is 61.4 Å². The van der Waals surface area contributed by atoms with Gasteiger partial charge in [-0.1, -0.05) is 24.3 Å². The molecule has 0 bridgehead atoms. The van der Waals surface area contributed by atoms with Crippen LogP contribution in [0.4, 0.5) is 4.79 Å². The van der Waals surface area contributed by atoms with Crippen LogP contribution in [0.5, 0.6) is 17.2 Å². The van der Waals surface area contributed by atoms with E-state index in [0.29, 0.717) is 36.3 Å². The molecule has 0 spiro atoms. The lowest BCUT2D eigenvalue weighted by Crippen LogP contribution is -2.45. The lowest BCUT2D eigenvalue weighted by Gasteiger charge is -2.32. The summed E-state index contributed by atoms with van der Waals surface area (Å²) < 4.78 is 10.9. The summed E-state index contributed by atoms with van der Waals surface area (Å²) in [5, 5.41) is 12.3. The van der Waals surface area contributed by atoms with Crippen molar-refractivity contribution in [3.05, 3.63) is 54.1 Å². The van der Waals surface area contributed by atoms with Crippen LogP contribution in [0.2, 0.25) is 0 Å². The molecule has 0 saturated carbocycles. The Balaban J connectivity index is 1.32. The number of aryl methyl sites for hydroxylation is 1. The van der Waals surface area contributed by atoms with E-state index in [-0.39, 0.29) is 6.03 Å². The smallest absolute Gasteiger partial charge is 0.317 e. The Morgan fingerprint density at radius 3 is 2.48 bits per heavy atom. The number of amides is 2. The Morgan fingerprint density at radius 2 is 1.79 bits per heavy atom. The topological polar surface area (TPSA) is 71.0 Å². The van der Waals surface area contributed by atoms with Crippen molar-refractivity contribution in [3.8, 4) is 17.2 Å². The number of nitrogens with one attached hydrogen (secondary N) is 1. The number of benzene rings is 2. The SMILES string of the molecule is COc1ccccc1OCCNC(=O)N1CCC(CCc2ccc(O)cc2)CC1. The minimum Gasteiger partial charge on any atom is -0.508 e. The van der Waals surface area contributed by atoms with Crippen LogP contribution in [0.25, 0.3) is 0 Å². The second-order valence-corrected chi connectivity index (χ2v) is 7.37. The molecule has 1 fully saturated rings. The van der Waals surface area contributed by atoms with E-state index in [1.165, 1.54) is 5.56 Å². The van der Waals surface area contributed by atoms with E-state index in [1.54, 1.807) is 19.2 Å². The molecule has 1 heterocycles. The van der Waals surface area contributed by atoms with Gasteiger partial charge < -0.3 is 24.8 Å². The van der Waals surface area contributed by atoms with E-state index in [0.717, 1.165) is 38.8 Å². The highest BCUT2D eigenvalue weighted by Crippen LogP contribution is 2.25. The van der Waals surface area contributed by atoms with E-state index in [2.05, 4.69) is 5.32 Å². The molecular weight excluding hydrogens is 368 g/mol. The fourth-order valence-corrected chi connectivity index (χ4v) is 3.63. The summed E-state index contributed by atoms with van der Waals surface area (Å²) in [5.74, 6) is 2.31. The Kier molecular flexibility index (Phi) is 7.61. The molecule has 6 heteroatoms. The average Bonchev–Trinajstić information content (AvgIpc) is 2.77. The van der Waals surface area contributed by atoms with E-state index in [1.807, 2.05) is 41.3 Å². The Morgan fingerprint density at radius 1 is 1.10 bits per heavy atom. The van der Waals surface area contributed by atoms with Gasteiger partial charge in [0.25, 0.3) is 0 Å². The molecule has 0 unspecified atom stereocenters. The Hall–Kier alpha value is -2.89. The molecule has 1 aliphatic heterocycles. The van der Waals surface area contributed by atoms with Crippen molar-refractivity contribution in [1.82, 2.24) is 10.2 Å². The molecule has 2 aromatic rings. The number of carbonyl (C=O) groups excluding carboxylic acids is 1. The monoisotopic (exact) mass is 398 g/mol. The van der Waals surface area contributed by atoms with Crippen LogP contribution in [-0.4, -0.2) is 49.4 Å². The summed E-state index contributed by atoms with van der Waals surface area (Å²) in [6.07, 6.45) is 4.19. The molecule has 0 atom stereocenters. The minimum absolute atomic E-state index is 0.0226. The fraction of sp³-hybridized carbons (Fsp3) is 0.435. The molecule has 0 aromatic heterocycles. The molecule has 0 radical (unpaired) electrons. The van der Waals surface area contributed by atoms with Crippen molar-refractivity contribution in [1.29, 1.82) is 0 Å². The molecule has 6 nitrogen and oxygen atoms in total. The van der Waals surface area contributed by atoms with Crippen LogP contribution >= 0.6 is 0 Å². The van der Waals surface area contributed by atoms with Gasteiger partial charge in [0.1, 0.15) is 12.4 Å². The third kappa shape index (κ3) is 6.31. The average molecular weight is 399 g/mol. The van der Waals surface area contributed by atoms with E-state index >= 15 is 0 Å². The van der Waals surface area contributed by atoms with Crippen LogP contribution in [-0.2, 0) is 6.42 Å². The standard InChI is InChI=1S/C23H30N2O4/c1-28-21-4-2-3-5-22(21)29-17-14-24-23(27)25-15-12-19(13-16-25)7-6-18-8-10-20(26)11-9-18/h2-5,8-11,19,26H,6-7,12-17H2,1H3,(H,24,27). The molecule has 2 aromatic carbocycles. The molecule has 156 valence electrons. The minimum atomic E-state index is -0.0226. The Bertz CT molecular complexity index is 771. The molecule has 1 saturated heterocycles. The van der Waals surface area contributed by atoms with Crippen LogP contribution < -0.4 is 14.8 Å². The van der Waals surface area contributed by atoms with Crippen molar-refractivity contribution in [3.63, 3.8) is 0 Å². The fourth-order valence-electron chi connectivity index (χ4n) is 3.63. The Labute approximate surface area is 172 Å². The highest BCUT2D eigenvalue weighted by molar-refractivity contribution is 5.74. The maximum Gasteiger partial charge on any atom is 0.317 e. The molecule has 2 amide bonds. The number of para-hydroxylation sites is 2. The number of phenolic OH excluding ortho intramolecular Hbond substituents is 1. The summed E-state index contributed by atoms with van der Waals surface area (Å²) in [6, 6.07) is 14.9. The first-order valence-corrected chi connectivity index (χ1v) is 10.2. The first-order chi connectivity index (χ1) is 14.2. The number of carbonyl (C=O) groups is 1. The number of hydrogen-bond donors (Lipinski definition) is 2. The summed E-state index contributed by atoms with van der Waals surface area (Å²) in [7, 11) is 1.61. The van der Waals surface area contributed by atoms with Crippen molar-refractivity contribution >= 4 is 6.03 Å². The highest BCUT2D eigenvalue weighted by Gasteiger charge is 2.22. The molecule has 2 N–H and O–H groups in total. The van der Waals surface area contributed by atoms with Gasteiger partial charge in [0.2, 0.25) is 0 Å². The van der Waals surface area contributed by atoms with Gasteiger partial charge in [0, 0.05) is 13.1 Å². The lowest BCUT2D eigenvalue weighted by atomic mass is 9.90. The number of phenols is 1.